The van der Waals surface area contributed by atoms with Crippen molar-refractivity contribution in [3.8, 4) is 0 Å². The molecule has 0 aliphatic carbocycles. The largest absolute Gasteiger partial charge is 0.273 e. The van der Waals surface area contributed by atoms with Gasteiger partial charge in [-0.25, -0.2) is 0 Å². The molecule has 4 nitrogen and oxygen atoms in total. The maximum absolute atomic E-state index is 12.0. The Kier molecular flexibility index (Phi) is 5.33. The van der Waals surface area contributed by atoms with Crippen molar-refractivity contribution >= 4 is 27.7 Å². The van der Waals surface area contributed by atoms with Crippen LogP contribution in [0.25, 0.3) is 0 Å². The zero-order chi connectivity index (χ0) is 16.1. The summed E-state index contributed by atoms with van der Waals surface area (Å²) in [6.07, 6.45) is 0.220. The molecule has 2 N–H and O–H groups in total. The van der Waals surface area contributed by atoms with Crippen molar-refractivity contribution in [1.29, 1.82) is 0 Å². The lowest BCUT2D eigenvalue weighted by atomic mass is 10.0. The van der Waals surface area contributed by atoms with Gasteiger partial charge in [-0.3, -0.25) is 20.4 Å². The van der Waals surface area contributed by atoms with Gasteiger partial charge in [0.05, 0.1) is 12.0 Å². The fraction of sp³-hybridized carbons (Fsp3) is 0.176. The Bertz CT molecular complexity index is 714. The van der Waals surface area contributed by atoms with Crippen molar-refractivity contribution in [1.82, 2.24) is 10.9 Å². The first-order valence-corrected chi connectivity index (χ1v) is 7.66. The third kappa shape index (κ3) is 4.18. The van der Waals surface area contributed by atoms with E-state index in [0.29, 0.717) is 10.0 Å². The van der Waals surface area contributed by atoms with Gasteiger partial charge in [0, 0.05) is 4.47 Å². The zero-order valence-electron chi connectivity index (χ0n) is 12.4. The van der Waals surface area contributed by atoms with Crippen LogP contribution < -0.4 is 10.9 Å². The number of amides is 2. The van der Waals surface area contributed by atoms with Crippen LogP contribution in [0.1, 0.15) is 27.0 Å². The summed E-state index contributed by atoms with van der Waals surface area (Å²) in [5, 5.41) is 0. The molecule has 0 aromatic heterocycles. The standard InChI is InChI=1S/C17H17BrN2O2/c1-11-7-8-13(9-12(11)2)10-16(21)19-20-17(22)14-5-3-4-6-15(14)18/h3-9H,10H2,1-2H3,(H,19,21)(H,20,22). The van der Waals surface area contributed by atoms with Gasteiger partial charge in [-0.2, -0.15) is 0 Å². The molecule has 0 radical (unpaired) electrons. The van der Waals surface area contributed by atoms with Gasteiger partial charge in [-0.05, 0) is 58.6 Å². The molecule has 2 aromatic carbocycles. The fourth-order valence-electron chi connectivity index (χ4n) is 1.98. The van der Waals surface area contributed by atoms with Crippen LogP contribution in [-0.4, -0.2) is 11.8 Å². The molecule has 0 spiro atoms. The van der Waals surface area contributed by atoms with Crippen molar-refractivity contribution < 1.29 is 9.59 Å². The van der Waals surface area contributed by atoms with Gasteiger partial charge in [-0.1, -0.05) is 30.3 Å². The van der Waals surface area contributed by atoms with Crippen LogP contribution in [0.2, 0.25) is 0 Å². The third-order valence-corrected chi connectivity index (χ3v) is 4.06. The van der Waals surface area contributed by atoms with Crippen molar-refractivity contribution in [2.45, 2.75) is 20.3 Å². The van der Waals surface area contributed by atoms with E-state index < -0.39 is 0 Å². The van der Waals surface area contributed by atoms with E-state index in [-0.39, 0.29) is 18.2 Å². The SMILES string of the molecule is Cc1ccc(CC(=O)NNC(=O)c2ccccc2Br)cc1C. The monoisotopic (exact) mass is 360 g/mol. The first-order valence-electron chi connectivity index (χ1n) is 6.87. The normalized spacial score (nSPS) is 10.1. The lowest BCUT2D eigenvalue weighted by Gasteiger charge is -2.09. The quantitative estimate of drug-likeness (QED) is 0.826. The van der Waals surface area contributed by atoms with Crippen LogP contribution in [0, 0.1) is 13.8 Å². The van der Waals surface area contributed by atoms with Crippen LogP contribution in [0.15, 0.2) is 46.9 Å². The molecule has 22 heavy (non-hydrogen) atoms. The van der Waals surface area contributed by atoms with Gasteiger partial charge in [0.2, 0.25) is 5.91 Å². The van der Waals surface area contributed by atoms with Crippen LogP contribution in [0.5, 0.6) is 0 Å². The Morgan fingerprint density at radius 2 is 1.73 bits per heavy atom. The van der Waals surface area contributed by atoms with Crippen molar-refractivity contribution in [2.75, 3.05) is 0 Å². The highest BCUT2D eigenvalue weighted by molar-refractivity contribution is 9.10. The second-order valence-electron chi connectivity index (χ2n) is 5.08. The van der Waals surface area contributed by atoms with E-state index >= 15 is 0 Å². The number of aryl methyl sites for hydroxylation is 2. The summed E-state index contributed by atoms with van der Waals surface area (Å²) in [6.45, 7) is 4.03. The topological polar surface area (TPSA) is 58.2 Å². The molecule has 0 atom stereocenters. The zero-order valence-corrected chi connectivity index (χ0v) is 14.0. The number of carbonyl (C=O) groups excluding carboxylic acids is 2. The molecule has 2 aromatic rings. The molecular formula is C17H17BrN2O2. The van der Waals surface area contributed by atoms with Crippen LogP contribution >= 0.6 is 15.9 Å². The lowest BCUT2D eigenvalue weighted by Crippen LogP contribution is -2.42. The summed E-state index contributed by atoms with van der Waals surface area (Å²) in [7, 11) is 0. The van der Waals surface area contributed by atoms with Gasteiger partial charge in [0.25, 0.3) is 5.91 Å². The van der Waals surface area contributed by atoms with Crippen molar-refractivity contribution in [3.05, 3.63) is 69.2 Å². The first kappa shape index (κ1) is 16.2. The highest BCUT2D eigenvalue weighted by Crippen LogP contribution is 2.15. The van der Waals surface area contributed by atoms with Gasteiger partial charge in [0.1, 0.15) is 0 Å². The minimum Gasteiger partial charge on any atom is -0.273 e. The molecule has 2 amide bonds. The molecule has 0 unspecified atom stereocenters. The molecule has 114 valence electrons. The summed E-state index contributed by atoms with van der Waals surface area (Å²) >= 11 is 3.30. The van der Waals surface area contributed by atoms with E-state index in [0.717, 1.165) is 11.1 Å². The van der Waals surface area contributed by atoms with E-state index in [1.165, 1.54) is 5.56 Å². The number of benzene rings is 2. The Morgan fingerprint density at radius 3 is 2.41 bits per heavy atom. The molecule has 0 aliphatic heterocycles. The first-order chi connectivity index (χ1) is 10.5. The third-order valence-electron chi connectivity index (χ3n) is 3.37. The highest BCUT2D eigenvalue weighted by atomic mass is 79.9. The van der Waals surface area contributed by atoms with Crippen LogP contribution in [0.4, 0.5) is 0 Å². The number of rotatable bonds is 3. The summed E-state index contributed by atoms with van der Waals surface area (Å²) in [5.74, 6) is -0.621. The highest BCUT2D eigenvalue weighted by Gasteiger charge is 2.10. The van der Waals surface area contributed by atoms with Crippen molar-refractivity contribution in [3.63, 3.8) is 0 Å². The van der Waals surface area contributed by atoms with E-state index in [1.807, 2.05) is 38.1 Å². The molecule has 0 aliphatic rings. The average Bonchev–Trinajstić information content (AvgIpc) is 2.49. The smallest absolute Gasteiger partial charge is 0.270 e. The maximum atomic E-state index is 12.0. The Hall–Kier alpha value is -2.14. The number of halogens is 1. The number of hydrogen-bond acceptors (Lipinski definition) is 2. The minimum atomic E-state index is -0.360. The van der Waals surface area contributed by atoms with Gasteiger partial charge < -0.3 is 0 Å². The molecule has 5 heteroatoms. The predicted molar refractivity (Wildman–Crippen MR) is 89.4 cm³/mol. The summed E-state index contributed by atoms with van der Waals surface area (Å²) < 4.78 is 0.677. The van der Waals surface area contributed by atoms with Gasteiger partial charge in [0.15, 0.2) is 0 Å². The molecule has 0 saturated carbocycles. The fourth-order valence-corrected chi connectivity index (χ4v) is 2.45. The number of carbonyl (C=O) groups is 2. The van der Waals surface area contributed by atoms with E-state index in [9.17, 15) is 9.59 Å². The maximum Gasteiger partial charge on any atom is 0.270 e. The number of nitrogens with one attached hydrogen (secondary N) is 2. The molecule has 0 bridgehead atoms. The molecular weight excluding hydrogens is 344 g/mol. The molecule has 0 fully saturated rings. The Balaban J connectivity index is 1.91. The van der Waals surface area contributed by atoms with E-state index in [4.69, 9.17) is 0 Å². The molecule has 2 rings (SSSR count). The summed E-state index contributed by atoms with van der Waals surface area (Å²) in [6, 6.07) is 12.9. The van der Waals surface area contributed by atoms with E-state index in [2.05, 4.69) is 26.8 Å². The van der Waals surface area contributed by atoms with Gasteiger partial charge >= 0.3 is 0 Å². The minimum absolute atomic E-state index is 0.220. The van der Waals surface area contributed by atoms with Crippen molar-refractivity contribution in [2.24, 2.45) is 0 Å². The average molecular weight is 361 g/mol. The Morgan fingerprint density at radius 1 is 1.00 bits per heavy atom. The predicted octanol–water partition coefficient (Wildman–Crippen LogP) is 3.07. The molecule has 0 saturated heterocycles. The molecule has 0 heterocycles. The number of hydrogen-bond donors (Lipinski definition) is 2. The lowest BCUT2D eigenvalue weighted by molar-refractivity contribution is -0.121. The second-order valence-corrected chi connectivity index (χ2v) is 5.93. The van der Waals surface area contributed by atoms with Crippen LogP contribution in [0.3, 0.4) is 0 Å². The van der Waals surface area contributed by atoms with Gasteiger partial charge in [-0.15, -0.1) is 0 Å². The number of hydrazine groups is 1. The Labute approximate surface area is 138 Å². The summed E-state index contributed by atoms with van der Waals surface area (Å²) in [5.41, 5.74) is 8.56. The van der Waals surface area contributed by atoms with Crippen LogP contribution in [-0.2, 0) is 11.2 Å². The van der Waals surface area contributed by atoms with E-state index in [1.54, 1.807) is 18.2 Å². The second kappa shape index (κ2) is 7.22. The summed E-state index contributed by atoms with van der Waals surface area (Å²) in [4.78, 5) is 23.9.